The van der Waals surface area contributed by atoms with Crippen molar-refractivity contribution in [1.82, 2.24) is 20.3 Å². The third-order valence-electron chi connectivity index (χ3n) is 4.28. The number of benzene rings is 1. The number of amides is 1. The van der Waals surface area contributed by atoms with Crippen molar-refractivity contribution in [2.24, 2.45) is 0 Å². The van der Waals surface area contributed by atoms with Crippen LogP contribution < -0.4 is 5.32 Å². The highest BCUT2D eigenvalue weighted by Gasteiger charge is 2.17. The van der Waals surface area contributed by atoms with Crippen LogP contribution in [0.5, 0.6) is 0 Å². The van der Waals surface area contributed by atoms with E-state index in [1.807, 2.05) is 19.1 Å². The number of carbonyl (C=O) groups is 1. The quantitative estimate of drug-likeness (QED) is 0.838. The van der Waals surface area contributed by atoms with E-state index in [2.05, 4.69) is 21.7 Å². The molecule has 0 atom stereocenters. The molecule has 6 heteroatoms. The fraction of sp³-hybridized carbons (Fsp3) is 0.389. The largest absolute Gasteiger partial charge is 0.350 e. The minimum absolute atomic E-state index is 0.183. The van der Waals surface area contributed by atoms with Crippen LogP contribution in [0.1, 0.15) is 48.3 Å². The summed E-state index contributed by atoms with van der Waals surface area (Å²) < 4.78 is 1.63. The van der Waals surface area contributed by atoms with Crippen LogP contribution in [0.15, 0.2) is 35.9 Å². The lowest BCUT2D eigenvalue weighted by Crippen LogP contribution is -2.26. The molecule has 0 saturated carbocycles. The molecule has 1 aromatic carbocycles. The monoisotopic (exact) mass is 344 g/mol. The van der Waals surface area contributed by atoms with Crippen molar-refractivity contribution in [2.75, 3.05) is 6.54 Å². The highest BCUT2D eigenvalue weighted by molar-refractivity contribution is 6.30. The molecule has 0 saturated heterocycles. The summed E-state index contributed by atoms with van der Waals surface area (Å²) in [6.45, 7) is 2.47. The molecule has 1 aliphatic rings. The number of nitrogens with one attached hydrogen (secondary N) is 1. The third-order valence-corrected chi connectivity index (χ3v) is 4.51. The maximum Gasteiger partial charge on any atom is 0.273 e. The smallest absolute Gasteiger partial charge is 0.273 e. The third kappa shape index (κ3) is 3.85. The highest BCUT2D eigenvalue weighted by atomic mass is 35.5. The molecule has 1 heterocycles. The van der Waals surface area contributed by atoms with Gasteiger partial charge in [-0.15, -0.1) is 5.10 Å². The molecule has 0 aliphatic heterocycles. The van der Waals surface area contributed by atoms with E-state index in [9.17, 15) is 4.79 Å². The van der Waals surface area contributed by atoms with E-state index in [4.69, 9.17) is 11.6 Å². The number of rotatable bonds is 5. The Bertz CT molecular complexity index is 766. The Kier molecular flexibility index (Phi) is 5.30. The van der Waals surface area contributed by atoms with Crippen LogP contribution in [0.25, 0.3) is 5.69 Å². The molecule has 0 spiro atoms. The molecule has 0 bridgehead atoms. The maximum absolute atomic E-state index is 12.3. The molecule has 0 radical (unpaired) electrons. The summed E-state index contributed by atoms with van der Waals surface area (Å²) in [6, 6.07) is 7.31. The first-order chi connectivity index (χ1) is 11.6. The average molecular weight is 345 g/mol. The molecule has 5 nitrogen and oxygen atoms in total. The predicted molar refractivity (Wildman–Crippen MR) is 94.6 cm³/mol. The molecule has 0 fully saturated rings. The Morgan fingerprint density at radius 1 is 1.38 bits per heavy atom. The van der Waals surface area contributed by atoms with Crippen LogP contribution >= 0.6 is 11.6 Å². The van der Waals surface area contributed by atoms with Crippen LogP contribution in [0, 0.1) is 6.92 Å². The maximum atomic E-state index is 12.3. The number of hydrogen-bond donors (Lipinski definition) is 1. The summed E-state index contributed by atoms with van der Waals surface area (Å²) in [6.07, 6.45) is 8.06. The molecule has 1 amide bonds. The summed E-state index contributed by atoms with van der Waals surface area (Å²) >= 11 is 6.01. The molecule has 3 rings (SSSR count). The van der Waals surface area contributed by atoms with Crippen LogP contribution in [0.3, 0.4) is 0 Å². The van der Waals surface area contributed by atoms with Gasteiger partial charge in [-0.3, -0.25) is 4.79 Å². The number of carbonyl (C=O) groups excluding carboxylic acids is 1. The van der Waals surface area contributed by atoms with Crippen molar-refractivity contribution in [3.8, 4) is 5.69 Å². The molecule has 2 aromatic rings. The van der Waals surface area contributed by atoms with Gasteiger partial charge in [0.15, 0.2) is 5.69 Å². The van der Waals surface area contributed by atoms with E-state index in [0.717, 1.165) is 24.9 Å². The standard InChI is InChI=1S/C18H21ClN4O/c1-13-17(18(24)20-11-10-14-6-3-2-4-7-14)21-22-23(13)16-9-5-8-15(19)12-16/h5-6,8-9,12H,2-4,7,10-11H2,1H3,(H,20,24). The van der Waals surface area contributed by atoms with Gasteiger partial charge in [0.2, 0.25) is 0 Å². The fourth-order valence-corrected chi connectivity index (χ4v) is 3.13. The van der Waals surface area contributed by atoms with Gasteiger partial charge in [-0.05, 0) is 57.2 Å². The van der Waals surface area contributed by atoms with E-state index in [0.29, 0.717) is 23.0 Å². The highest BCUT2D eigenvalue weighted by Crippen LogP contribution is 2.20. The molecule has 126 valence electrons. The Hall–Kier alpha value is -2.14. The lowest BCUT2D eigenvalue weighted by Gasteiger charge is -2.12. The molecule has 1 aromatic heterocycles. The predicted octanol–water partition coefficient (Wildman–Crippen LogP) is 3.85. The van der Waals surface area contributed by atoms with E-state index in [1.54, 1.807) is 16.8 Å². The van der Waals surface area contributed by atoms with Gasteiger partial charge < -0.3 is 5.32 Å². The summed E-state index contributed by atoms with van der Waals surface area (Å²) in [5.41, 5.74) is 3.29. The van der Waals surface area contributed by atoms with Crippen molar-refractivity contribution in [1.29, 1.82) is 0 Å². The van der Waals surface area contributed by atoms with Gasteiger partial charge in [0.05, 0.1) is 11.4 Å². The Morgan fingerprint density at radius 3 is 3.00 bits per heavy atom. The Balaban J connectivity index is 1.64. The van der Waals surface area contributed by atoms with E-state index in [-0.39, 0.29) is 5.91 Å². The Labute approximate surface area is 146 Å². The van der Waals surface area contributed by atoms with E-state index >= 15 is 0 Å². The van der Waals surface area contributed by atoms with E-state index in [1.165, 1.54) is 18.4 Å². The molecule has 0 unspecified atom stereocenters. The summed E-state index contributed by atoms with van der Waals surface area (Å²) in [7, 11) is 0. The molecular weight excluding hydrogens is 324 g/mol. The van der Waals surface area contributed by atoms with Crippen LogP contribution in [-0.2, 0) is 0 Å². The van der Waals surface area contributed by atoms with Gasteiger partial charge in [-0.1, -0.05) is 34.5 Å². The average Bonchev–Trinajstić information content (AvgIpc) is 2.97. The zero-order chi connectivity index (χ0) is 16.9. The van der Waals surface area contributed by atoms with Gasteiger partial charge in [0.25, 0.3) is 5.91 Å². The summed E-state index contributed by atoms with van der Waals surface area (Å²) in [4.78, 5) is 12.3. The van der Waals surface area contributed by atoms with Crippen molar-refractivity contribution >= 4 is 17.5 Å². The normalized spacial score (nSPS) is 14.3. The number of halogens is 1. The number of nitrogens with zero attached hydrogens (tertiary/aromatic N) is 3. The van der Waals surface area contributed by atoms with Gasteiger partial charge in [0, 0.05) is 11.6 Å². The van der Waals surface area contributed by atoms with Crippen molar-refractivity contribution in [2.45, 2.75) is 39.0 Å². The SMILES string of the molecule is Cc1c(C(=O)NCCC2=CCCCC2)nnn1-c1cccc(Cl)c1. The fourth-order valence-electron chi connectivity index (χ4n) is 2.94. The molecular formula is C18H21ClN4O. The first-order valence-electron chi connectivity index (χ1n) is 8.29. The first-order valence-corrected chi connectivity index (χ1v) is 8.67. The lowest BCUT2D eigenvalue weighted by atomic mass is 9.97. The second-order valence-corrected chi connectivity index (χ2v) is 6.47. The number of aromatic nitrogens is 3. The topological polar surface area (TPSA) is 59.8 Å². The van der Waals surface area contributed by atoms with Crippen LogP contribution in [-0.4, -0.2) is 27.4 Å². The number of allylic oxidation sites excluding steroid dienone is 1. The second kappa shape index (κ2) is 7.62. The van der Waals surface area contributed by atoms with Gasteiger partial charge in [-0.25, -0.2) is 4.68 Å². The minimum atomic E-state index is -0.183. The van der Waals surface area contributed by atoms with Crippen molar-refractivity contribution in [3.63, 3.8) is 0 Å². The Morgan fingerprint density at radius 2 is 2.25 bits per heavy atom. The van der Waals surface area contributed by atoms with Gasteiger partial charge in [0.1, 0.15) is 0 Å². The minimum Gasteiger partial charge on any atom is -0.350 e. The molecule has 1 aliphatic carbocycles. The number of hydrogen-bond acceptors (Lipinski definition) is 3. The molecule has 1 N–H and O–H groups in total. The van der Waals surface area contributed by atoms with Crippen molar-refractivity contribution in [3.05, 3.63) is 52.3 Å². The second-order valence-electron chi connectivity index (χ2n) is 6.03. The molecule has 24 heavy (non-hydrogen) atoms. The van der Waals surface area contributed by atoms with E-state index < -0.39 is 0 Å². The first kappa shape index (κ1) is 16.7. The van der Waals surface area contributed by atoms with Crippen LogP contribution in [0.4, 0.5) is 0 Å². The van der Waals surface area contributed by atoms with Crippen LogP contribution in [0.2, 0.25) is 5.02 Å². The zero-order valence-electron chi connectivity index (χ0n) is 13.8. The zero-order valence-corrected chi connectivity index (χ0v) is 14.5. The van der Waals surface area contributed by atoms with Gasteiger partial charge >= 0.3 is 0 Å². The summed E-state index contributed by atoms with van der Waals surface area (Å²) in [5, 5.41) is 11.7. The summed E-state index contributed by atoms with van der Waals surface area (Å²) in [5.74, 6) is -0.183. The van der Waals surface area contributed by atoms with Gasteiger partial charge in [-0.2, -0.15) is 0 Å². The lowest BCUT2D eigenvalue weighted by molar-refractivity contribution is 0.0948. The van der Waals surface area contributed by atoms with Crippen molar-refractivity contribution < 1.29 is 4.79 Å².